The second-order valence-electron chi connectivity index (χ2n) is 3.86. The summed E-state index contributed by atoms with van der Waals surface area (Å²) in [6, 6.07) is 3.50. The lowest BCUT2D eigenvalue weighted by atomic mass is 10.2. The maximum atomic E-state index is 11.6. The van der Waals surface area contributed by atoms with Gasteiger partial charge in [-0.1, -0.05) is 13.3 Å². The predicted octanol–water partition coefficient (Wildman–Crippen LogP) is 1.79. The molecule has 0 aliphatic carbocycles. The molecule has 1 N–H and O–H groups in total. The van der Waals surface area contributed by atoms with Gasteiger partial charge < -0.3 is 5.32 Å². The summed E-state index contributed by atoms with van der Waals surface area (Å²) in [5, 5.41) is 6.82. The molecule has 2 heterocycles. The van der Waals surface area contributed by atoms with E-state index in [-0.39, 0.29) is 5.91 Å². The molecular weight excluding hydrogens is 230 g/mol. The molecule has 1 amide bonds. The molecule has 2 rings (SSSR count). The monoisotopic (exact) mass is 245 g/mol. The highest BCUT2D eigenvalue weighted by molar-refractivity contribution is 5.89. The van der Waals surface area contributed by atoms with E-state index < -0.39 is 0 Å². The zero-order chi connectivity index (χ0) is 12.8. The van der Waals surface area contributed by atoms with Gasteiger partial charge in [0.25, 0.3) is 0 Å². The number of hydrogen-bond acceptors (Lipinski definition) is 4. The van der Waals surface area contributed by atoms with Crippen LogP contribution in [0.3, 0.4) is 0 Å². The van der Waals surface area contributed by atoms with Crippen LogP contribution < -0.4 is 5.32 Å². The molecule has 0 aliphatic heterocycles. The Balaban J connectivity index is 2.06. The molecule has 0 saturated heterocycles. The minimum absolute atomic E-state index is 0.0260. The van der Waals surface area contributed by atoms with E-state index in [0.29, 0.717) is 18.1 Å². The highest BCUT2D eigenvalue weighted by Gasteiger charge is 2.05. The summed E-state index contributed by atoms with van der Waals surface area (Å²) < 4.78 is 1.61. The number of aromatic nitrogens is 4. The van der Waals surface area contributed by atoms with Crippen LogP contribution in [0.2, 0.25) is 0 Å². The minimum atomic E-state index is -0.0260. The van der Waals surface area contributed by atoms with Crippen LogP contribution in [-0.2, 0) is 4.79 Å². The topological polar surface area (TPSA) is 72.7 Å². The van der Waals surface area contributed by atoms with Crippen LogP contribution in [0.1, 0.15) is 26.2 Å². The quantitative estimate of drug-likeness (QED) is 0.871. The molecule has 94 valence electrons. The molecule has 0 unspecified atom stereocenters. The second kappa shape index (κ2) is 5.90. The van der Waals surface area contributed by atoms with Gasteiger partial charge >= 0.3 is 0 Å². The van der Waals surface area contributed by atoms with E-state index in [1.54, 1.807) is 23.1 Å². The number of nitrogens with zero attached hydrogens (tertiary/aromatic N) is 4. The Hall–Kier alpha value is -2.24. The van der Waals surface area contributed by atoms with E-state index in [1.165, 1.54) is 6.33 Å². The Morgan fingerprint density at radius 1 is 1.44 bits per heavy atom. The minimum Gasteiger partial charge on any atom is -0.311 e. The van der Waals surface area contributed by atoms with Crippen molar-refractivity contribution in [2.45, 2.75) is 26.2 Å². The molecule has 18 heavy (non-hydrogen) atoms. The first-order valence-corrected chi connectivity index (χ1v) is 5.91. The Morgan fingerprint density at radius 3 is 3.06 bits per heavy atom. The fraction of sp³-hybridized carbons (Fsp3) is 0.333. The van der Waals surface area contributed by atoms with Crippen LogP contribution in [-0.4, -0.2) is 25.7 Å². The number of anilines is 1. The highest BCUT2D eigenvalue weighted by Crippen LogP contribution is 2.08. The molecule has 2 aromatic heterocycles. The predicted molar refractivity (Wildman–Crippen MR) is 67.3 cm³/mol. The first-order valence-electron chi connectivity index (χ1n) is 5.91. The summed E-state index contributed by atoms with van der Waals surface area (Å²) in [5.41, 5.74) is 0. The summed E-state index contributed by atoms with van der Waals surface area (Å²) in [7, 11) is 0. The van der Waals surface area contributed by atoms with Crippen LogP contribution in [0.25, 0.3) is 5.82 Å². The first-order chi connectivity index (χ1) is 8.79. The van der Waals surface area contributed by atoms with Gasteiger partial charge in [0.1, 0.15) is 12.1 Å². The van der Waals surface area contributed by atoms with Crippen molar-refractivity contribution in [3.05, 3.63) is 30.9 Å². The van der Waals surface area contributed by atoms with Gasteiger partial charge in [0.2, 0.25) is 5.91 Å². The summed E-state index contributed by atoms with van der Waals surface area (Å²) in [4.78, 5) is 19.7. The van der Waals surface area contributed by atoms with Crippen LogP contribution >= 0.6 is 0 Å². The number of amides is 1. The normalized spacial score (nSPS) is 10.3. The SMILES string of the molecule is CCCCC(=O)Nc1cc(-n2cccn2)ncn1. The molecule has 2 aromatic rings. The standard InChI is InChI=1S/C12H15N5O/c1-2-3-5-12(18)16-10-8-11(14-9-13-10)17-7-4-6-15-17/h4,6-9H,2-3,5H2,1H3,(H,13,14,16,18). The number of hydrogen-bond donors (Lipinski definition) is 1. The van der Waals surface area contributed by atoms with E-state index in [4.69, 9.17) is 0 Å². The lowest BCUT2D eigenvalue weighted by Crippen LogP contribution is -2.13. The molecular formula is C12H15N5O. The molecule has 0 aliphatic rings. The molecule has 0 bridgehead atoms. The summed E-state index contributed by atoms with van der Waals surface area (Å²) in [6.07, 6.45) is 7.25. The van der Waals surface area contributed by atoms with Crippen LogP contribution in [0.15, 0.2) is 30.9 Å². The van der Waals surface area contributed by atoms with Gasteiger partial charge in [0.05, 0.1) is 0 Å². The van der Waals surface area contributed by atoms with Crippen molar-refractivity contribution in [2.24, 2.45) is 0 Å². The number of unbranched alkanes of at least 4 members (excludes halogenated alkanes) is 1. The van der Waals surface area contributed by atoms with E-state index in [1.807, 2.05) is 13.0 Å². The van der Waals surface area contributed by atoms with Crippen LogP contribution in [0.5, 0.6) is 0 Å². The Bertz CT molecular complexity index is 509. The highest BCUT2D eigenvalue weighted by atomic mass is 16.1. The van der Waals surface area contributed by atoms with Gasteiger partial charge in [-0.2, -0.15) is 5.10 Å². The van der Waals surface area contributed by atoms with Crippen LogP contribution in [0, 0.1) is 0 Å². The van der Waals surface area contributed by atoms with Crippen molar-refractivity contribution in [3.63, 3.8) is 0 Å². The van der Waals surface area contributed by atoms with E-state index >= 15 is 0 Å². The molecule has 6 nitrogen and oxygen atoms in total. The third kappa shape index (κ3) is 3.13. The molecule has 6 heteroatoms. The lowest BCUT2D eigenvalue weighted by Gasteiger charge is -2.05. The Kier molecular flexibility index (Phi) is 4.01. The molecule has 0 atom stereocenters. The zero-order valence-corrected chi connectivity index (χ0v) is 10.2. The largest absolute Gasteiger partial charge is 0.311 e. The first kappa shape index (κ1) is 12.2. The Labute approximate surface area is 105 Å². The van der Waals surface area contributed by atoms with E-state index in [2.05, 4.69) is 20.4 Å². The van der Waals surface area contributed by atoms with Crippen molar-refractivity contribution in [1.82, 2.24) is 19.7 Å². The van der Waals surface area contributed by atoms with E-state index in [9.17, 15) is 4.79 Å². The van der Waals surface area contributed by atoms with Gasteiger partial charge in [-0.3, -0.25) is 4.79 Å². The van der Waals surface area contributed by atoms with Crippen molar-refractivity contribution in [2.75, 3.05) is 5.32 Å². The van der Waals surface area contributed by atoms with E-state index in [0.717, 1.165) is 12.8 Å². The summed E-state index contributed by atoms with van der Waals surface area (Å²) in [5.74, 6) is 1.10. The number of rotatable bonds is 5. The third-order valence-corrected chi connectivity index (χ3v) is 2.42. The fourth-order valence-electron chi connectivity index (χ4n) is 1.49. The zero-order valence-electron chi connectivity index (χ0n) is 10.2. The number of carbonyl (C=O) groups is 1. The smallest absolute Gasteiger partial charge is 0.225 e. The maximum Gasteiger partial charge on any atom is 0.225 e. The Morgan fingerprint density at radius 2 is 2.33 bits per heavy atom. The number of nitrogens with one attached hydrogen (secondary N) is 1. The lowest BCUT2D eigenvalue weighted by molar-refractivity contribution is -0.116. The van der Waals surface area contributed by atoms with Gasteiger partial charge in [-0.05, 0) is 12.5 Å². The fourth-order valence-corrected chi connectivity index (χ4v) is 1.49. The third-order valence-electron chi connectivity index (χ3n) is 2.42. The number of carbonyl (C=O) groups excluding carboxylic acids is 1. The maximum absolute atomic E-state index is 11.6. The average molecular weight is 245 g/mol. The van der Waals surface area contributed by atoms with Crippen LogP contribution in [0.4, 0.5) is 5.82 Å². The van der Waals surface area contributed by atoms with Crippen molar-refractivity contribution >= 4 is 11.7 Å². The van der Waals surface area contributed by atoms with Gasteiger partial charge in [0, 0.05) is 24.9 Å². The van der Waals surface area contributed by atoms with Gasteiger partial charge in [-0.15, -0.1) is 0 Å². The van der Waals surface area contributed by atoms with Crippen molar-refractivity contribution in [3.8, 4) is 5.82 Å². The summed E-state index contributed by atoms with van der Waals surface area (Å²) in [6.45, 7) is 2.05. The molecule has 0 fully saturated rings. The summed E-state index contributed by atoms with van der Waals surface area (Å²) >= 11 is 0. The molecule has 0 saturated carbocycles. The van der Waals surface area contributed by atoms with Gasteiger partial charge in [0.15, 0.2) is 5.82 Å². The van der Waals surface area contributed by atoms with Crippen molar-refractivity contribution in [1.29, 1.82) is 0 Å². The average Bonchev–Trinajstić information content (AvgIpc) is 2.90. The van der Waals surface area contributed by atoms with Crippen molar-refractivity contribution < 1.29 is 4.79 Å². The van der Waals surface area contributed by atoms with Gasteiger partial charge in [-0.25, -0.2) is 14.6 Å². The molecule has 0 aromatic carbocycles. The molecule has 0 spiro atoms. The molecule has 0 radical (unpaired) electrons. The second-order valence-corrected chi connectivity index (χ2v) is 3.86.